The lowest BCUT2D eigenvalue weighted by molar-refractivity contribution is 0.0377. The minimum absolute atomic E-state index is 0.200. The summed E-state index contributed by atoms with van der Waals surface area (Å²) in [5.41, 5.74) is 2.32. The number of carbonyl (C=O) groups excluding carboxylic acids is 3. The van der Waals surface area contributed by atoms with E-state index in [1.807, 2.05) is 0 Å². The number of benzene rings is 2. The van der Waals surface area contributed by atoms with Gasteiger partial charge in [0.05, 0.1) is 42.2 Å². The molecule has 0 atom stereocenters. The Hall–Kier alpha value is -3.94. The molecule has 8 nitrogen and oxygen atoms in total. The molecule has 0 aliphatic rings. The van der Waals surface area contributed by atoms with Crippen molar-refractivity contribution < 1.29 is 28.6 Å². The average Bonchev–Trinajstić information content (AvgIpc) is 2.78. The van der Waals surface area contributed by atoms with E-state index in [0.717, 1.165) is 0 Å². The van der Waals surface area contributed by atoms with Gasteiger partial charge in [-0.2, -0.15) is 0 Å². The fourth-order valence-corrected chi connectivity index (χ4v) is 3.11. The normalized spacial score (nSPS) is 10.7. The molecule has 0 saturated heterocycles. The van der Waals surface area contributed by atoms with Gasteiger partial charge in [-0.25, -0.2) is 14.4 Å². The molecule has 0 unspecified atom stereocenters. The quantitative estimate of drug-likeness (QED) is 0.426. The van der Waals surface area contributed by atoms with E-state index in [0.29, 0.717) is 27.8 Å². The smallest absolute Gasteiger partial charge is 0.341 e. The number of nitrogens with one attached hydrogen (secondary N) is 1. The molecule has 166 valence electrons. The van der Waals surface area contributed by atoms with Crippen LogP contribution in [0.25, 0.3) is 10.9 Å². The molecule has 0 bridgehead atoms. The van der Waals surface area contributed by atoms with Gasteiger partial charge in [-0.3, -0.25) is 4.98 Å². The van der Waals surface area contributed by atoms with Crippen LogP contribution in [0, 0.1) is 0 Å². The highest BCUT2D eigenvalue weighted by Gasteiger charge is 2.20. The zero-order valence-corrected chi connectivity index (χ0v) is 18.3. The van der Waals surface area contributed by atoms with Crippen LogP contribution in [0.4, 0.5) is 11.4 Å². The molecular formula is C24H24N2O6. The Bertz CT molecular complexity index is 1160. The van der Waals surface area contributed by atoms with Crippen LogP contribution in [0.5, 0.6) is 0 Å². The molecule has 1 aromatic heterocycles. The minimum Gasteiger partial charge on any atom is -0.465 e. The van der Waals surface area contributed by atoms with Crippen molar-refractivity contribution in [2.45, 2.75) is 26.9 Å². The molecule has 8 heteroatoms. The highest BCUT2D eigenvalue weighted by Crippen LogP contribution is 2.31. The van der Waals surface area contributed by atoms with Gasteiger partial charge in [0.1, 0.15) is 5.56 Å². The number of methoxy groups -OCH3 is 1. The Labute approximate surface area is 185 Å². The van der Waals surface area contributed by atoms with E-state index >= 15 is 0 Å². The predicted octanol–water partition coefficient (Wildman–Crippen LogP) is 4.51. The Morgan fingerprint density at radius 1 is 0.969 bits per heavy atom. The van der Waals surface area contributed by atoms with E-state index in [2.05, 4.69) is 10.3 Å². The second kappa shape index (κ2) is 9.91. The standard InChI is InChI=1S/C24H24N2O6/c1-5-31-24(29)19-13-25-20-17(7-6-8-18(20)23(28)30-4)21(19)26-16-11-9-15(10-12-16)22(27)32-14(2)3/h6-14H,5H2,1-4H3,(H,25,26). The number of hydrogen-bond acceptors (Lipinski definition) is 8. The number of fused-ring (bicyclic) bond motifs is 1. The number of ether oxygens (including phenoxy) is 3. The third-order valence-corrected chi connectivity index (χ3v) is 4.53. The van der Waals surface area contributed by atoms with Gasteiger partial charge >= 0.3 is 17.9 Å². The van der Waals surface area contributed by atoms with Crippen molar-refractivity contribution in [2.75, 3.05) is 19.0 Å². The zero-order chi connectivity index (χ0) is 23.3. The van der Waals surface area contributed by atoms with E-state index in [9.17, 15) is 14.4 Å². The van der Waals surface area contributed by atoms with Crippen LogP contribution in [-0.4, -0.2) is 42.7 Å². The molecule has 0 spiro atoms. The highest BCUT2D eigenvalue weighted by molar-refractivity contribution is 6.11. The summed E-state index contributed by atoms with van der Waals surface area (Å²) in [6.45, 7) is 5.47. The van der Waals surface area contributed by atoms with E-state index in [1.165, 1.54) is 13.3 Å². The van der Waals surface area contributed by atoms with Gasteiger partial charge in [0.2, 0.25) is 0 Å². The Morgan fingerprint density at radius 2 is 1.69 bits per heavy atom. The van der Waals surface area contributed by atoms with Crippen molar-refractivity contribution in [2.24, 2.45) is 0 Å². The zero-order valence-electron chi connectivity index (χ0n) is 18.3. The molecule has 3 aromatic rings. The van der Waals surface area contributed by atoms with Gasteiger partial charge in [-0.1, -0.05) is 12.1 Å². The molecule has 1 N–H and O–H groups in total. The number of anilines is 2. The van der Waals surface area contributed by atoms with Crippen LogP contribution >= 0.6 is 0 Å². The number of hydrogen-bond donors (Lipinski definition) is 1. The number of aromatic nitrogens is 1. The molecule has 2 aromatic carbocycles. The molecule has 0 aliphatic carbocycles. The molecule has 0 aliphatic heterocycles. The lowest BCUT2D eigenvalue weighted by Crippen LogP contribution is -2.12. The van der Waals surface area contributed by atoms with Gasteiger partial charge < -0.3 is 19.5 Å². The van der Waals surface area contributed by atoms with Gasteiger partial charge in [0.25, 0.3) is 0 Å². The molecule has 1 heterocycles. The van der Waals surface area contributed by atoms with Crippen molar-refractivity contribution >= 4 is 40.2 Å². The average molecular weight is 436 g/mol. The monoisotopic (exact) mass is 436 g/mol. The molecule has 0 amide bonds. The van der Waals surface area contributed by atoms with Crippen LogP contribution in [0.15, 0.2) is 48.7 Å². The SMILES string of the molecule is CCOC(=O)c1cnc2c(C(=O)OC)cccc2c1Nc1ccc(C(=O)OC(C)C)cc1. The lowest BCUT2D eigenvalue weighted by Gasteiger charge is -2.15. The van der Waals surface area contributed by atoms with E-state index in [4.69, 9.17) is 14.2 Å². The first-order valence-electron chi connectivity index (χ1n) is 10.1. The van der Waals surface area contributed by atoms with Crippen molar-refractivity contribution in [1.29, 1.82) is 0 Å². The molecule has 0 saturated carbocycles. The van der Waals surface area contributed by atoms with E-state index < -0.39 is 17.9 Å². The largest absolute Gasteiger partial charge is 0.465 e. The Balaban J connectivity index is 2.06. The topological polar surface area (TPSA) is 104 Å². The van der Waals surface area contributed by atoms with Crippen molar-refractivity contribution in [3.63, 3.8) is 0 Å². The van der Waals surface area contributed by atoms with Crippen molar-refractivity contribution in [1.82, 2.24) is 4.98 Å². The van der Waals surface area contributed by atoms with Crippen LogP contribution in [0.3, 0.4) is 0 Å². The molecule has 32 heavy (non-hydrogen) atoms. The number of pyridine rings is 1. The highest BCUT2D eigenvalue weighted by atomic mass is 16.5. The number of rotatable bonds is 7. The maximum absolute atomic E-state index is 12.6. The summed E-state index contributed by atoms with van der Waals surface area (Å²) < 4.78 is 15.2. The molecule has 0 fully saturated rings. The van der Waals surface area contributed by atoms with Gasteiger partial charge in [0.15, 0.2) is 0 Å². The predicted molar refractivity (Wildman–Crippen MR) is 119 cm³/mol. The minimum atomic E-state index is -0.551. The van der Waals surface area contributed by atoms with Gasteiger partial charge in [-0.05, 0) is 51.1 Å². The van der Waals surface area contributed by atoms with Crippen molar-refractivity contribution in [3.8, 4) is 0 Å². The fraction of sp³-hybridized carbons (Fsp3) is 0.250. The van der Waals surface area contributed by atoms with Crippen LogP contribution in [-0.2, 0) is 14.2 Å². The first-order chi connectivity index (χ1) is 15.3. The molecule has 3 rings (SSSR count). The van der Waals surface area contributed by atoms with Crippen LogP contribution < -0.4 is 5.32 Å². The second-order valence-electron chi connectivity index (χ2n) is 7.12. The number of para-hydroxylation sites is 1. The molecule has 0 radical (unpaired) electrons. The summed E-state index contributed by atoms with van der Waals surface area (Å²) in [6, 6.07) is 11.7. The summed E-state index contributed by atoms with van der Waals surface area (Å²) in [7, 11) is 1.29. The van der Waals surface area contributed by atoms with Gasteiger partial charge in [-0.15, -0.1) is 0 Å². The van der Waals surface area contributed by atoms with Crippen LogP contribution in [0.2, 0.25) is 0 Å². The van der Waals surface area contributed by atoms with Crippen LogP contribution in [0.1, 0.15) is 51.8 Å². The Morgan fingerprint density at radius 3 is 2.31 bits per heavy atom. The third kappa shape index (κ3) is 4.85. The van der Waals surface area contributed by atoms with E-state index in [1.54, 1.807) is 63.2 Å². The number of nitrogens with zero attached hydrogens (tertiary/aromatic N) is 1. The fourth-order valence-electron chi connectivity index (χ4n) is 3.11. The summed E-state index contributed by atoms with van der Waals surface area (Å²) in [5, 5.41) is 3.74. The third-order valence-electron chi connectivity index (χ3n) is 4.53. The Kier molecular flexibility index (Phi) is 7.04. The maximum Gasteiger partial charge on any atom is 0.341 e. The number of esters is 3. The summed E-state index contributed by atoms with van der Waals surface area (Å²) in [4.78, 5) is 41.1. The van der Waals surface area contributed by atoms with Crippen molar-refractivity contribution in [3.05, 3.63) is 65.4 Å². The van der Waals surface area contributed by atoms with Gasteiger partial charge in [0, 0.05) is 17.3 Å². The summed E-state index contributed by atoms with van der Waals surface area (Å²) in [6.07, 6.45) is 1.14. The maximum atomic E-state index is 12.6. The lowest BCUT2D eigenvalue weighted by atomic mass is 10.0. The molecular weight excluding hydrogens is 412 g/mol. The van der Waals surface area contributed by atoms with E-state index in [-0.39, 0.29) is 23.8 Å². The second-order valence-corrected chi connectivity index (χ2v) is 7.12. The first kappa shape index (κ1) is 22.7. The number of carbonyl (C=O) groups is 3. The summed E-state index contributed by atoms with van der Waals surface area (Å²) in [5.74, 6) is -1.51. The summed E-state index contributed by atoms with van der Waals surface area (Å²) >= 11 is 0. The first-order valence-corrected chi connectivity index (χ1v) is 10.1.